The second-order valence-electron chi connectivity index (χ2n) is 7.06. The highest BCUT2D eigenvalue weighted by molar-refractivity contribution is 7.92. The molecule has 7 nitrogen and oxygen atoms in total. The maximum atomic E-state index is 13.5. The van der Waals surface area contributed by atoms with Crippen molar-refractivity contribution < 1.29 is 18.3 Å². The van der Waals surface area contributed by atoms with Crippen LogP contribution < -0.4 is 4.31 Å². The van der Waals surface area contributed by atoms with Gasteiger partial charge in [0.2, 0.25) is 0 Å². The van der Waals surface area contributed by atoms with Gasteiger partial charge in [0.05, 0.1) is 27.9 Å². The van der Waals surface area contributed by atoms with Crippen molar-refractivity contribution in [3.8, 4) is 0 Å². The van der Waals surface area contributed by atoms with Crippen LogP contribution in [0.2, 0.25) is 0 Å². The Labute approximate surface area is 164 Å². The molecule has 0 unspecified atom stereocenters. The molecule has 0 amide bonds. The summed E-state index contributed by atoms with van der Waals surface area (Å²) in [5.74, 6) is -1.13. The van der Waals surface area contributed by atoms with E-state index in [1.807, 2.05) is 32.9 Å². The van der Waals surface area contributed by atoms with Gasteiger partial charge in [-0.15, -0.1) is 0 Å². The first kappa shape index (κ1) is 19.9. The maximum absolute atomic E-state index is 13.5. The van der Waals surface area contributed by atoms with Crippen LogP contribution in [0, 0.1) is 5.92 Å². The van der Waals surface area contributed by atoms with Gasteiger partial charge in [0.15, 0.2) is 0 Å². The van der Waals surface area contributed by atoms with Gasteiger partial charge in [0.25, 0.3) is 10.0 Å². The van der Waals surface area contributed by atoms with E-state index in [2.05, 4.69) is 10.2 Å². The van der Waals surface area contributed by atoms with E-state index in [-0.39, 0.29) is 22.9 Å². The Bertz CT molecular complexity index is 1100. The lowest BCUT2D eigenvalue weighted by molar-refractivity contribution is 0.0698. The molecule has 0 aliphatic heterocycles. The number of aryl methyl sites for hydroxylation is 1. The fraction of sp³-hybridized carbons (Fsp3) is 0.300. The molecule has 0 saturated heterocycles. The van der Waals surface area contributed by atoms with E-state index < -0.39 is 16.0 Å². The second kappa shape index (κ2) is 7.63. The van der Waals surface area contributed by atoms with Crippen molar-refractivity contribution >= 4 is 32.6 Å². The van der Waals surface area contributed by atoms with Gasteiger partial charge in [-0.05, 0) is 42.2 Å². The first-order valence-electron chi connectivity index (χ1n) is 9.06. The Balaban J connectivity index is 2.15. The fourth-order valence-electron chi connectivity index (χ4n) is 3.05. The lowest BCUT2D eigenvalue weighted by Crippen LogP contribution is -2.34. The number of fused-ring (bicyclic) bond motifs is 1. The smallest absolute Gasteiger partial charge is 0.337 e. The summed E-state index contributed by atoms with van der Waals surface area (Å²) in [4.78, 5) is 11.6. The number of carboxylic acid groups (broad SMARTS) is 1. The molecule has 1 aromatic heterocycles. The summed E-state index contributed by atoms with van der Waals surface area (Å²) in [6.07, 6.45) is 2.28. The van der Waals surface area contributed by atoms with Gasteiger partial charge < -0.3 is 5.11 Å². The highest BCUT2D eigenvalue weighted by Crippen LogP contribution is 2.29. The average molecular weight is 401 g/mol. The Kier molecular flexibility index (Phi) is 5.42. The third-order valence-corrected chi connectivity index (χ3v) is 6.28. The topological polar surface area (TPSA) is 103 Å². The number of carboxylic acids is 1. The predicted molar refractivity (Wildman–Crippen MR) is 108 cm³/mol. The van der Waals surface area contributed by atoms with Crippen LogP contribution >= 0.6 is 0 Å². The molecule has 8 heteroatoms. The molecule has 0 spiro atoms. The van der Waals surface area contributed by atoms with Crippen LogP contribution in [0.3, 0.4) is 0 Å². The number of aromatic nitrogens is 2. The molecule has 0 aliphatic rings. The van der Waals surface area contributed by atoms with Crippen LogP contribution in [0.5, 0.6) is 0 Å². The Morgan fingerprint density at radius 3 is 2.46 bits per heavy atom. The molecule has 0 bridgehead atoms. The standard InChI is InChI=1S/C20H23N3O4S/c1-4-14-5-7-16(8-6-14)23(12-13(2)3)28(26,27)17-9-15-11-21-22-19(15)18(10-17)20(24)25/h5-11,13H,4,12H2,1-3H3,(H,21,22)(H,24,25). The normalized spacial score (nSPS) is 11.9. The number of benzene rings is 2. The molecule has 2 aromatic carbocycles. The summed E-state index contributed by atoms with van der Waals surface area (Å²) in [5, 5.41) is 16.4. The monoisotopic (exact) mass is 401 g/mol. The van der Waals surface area contributed by atoms with Crippen LogP contribution in [0.1, 0.15) is 36.7 Å². The van der Waals surface area contributed by atoms with Crippen LogP contribution in [-0.4, -0.2) is 36.2 Å². The molecule has 0 atom stereocenters. The van der Waals surface area contributed by atoms with Gasteiger partial charge >= 0.3 is 5.97 Å². The van der Waals surface area contributed by atoms with Crippen molar-refractivity contribution in [2.24, 2.45) is 5.92 Å². The van der Waals surface area contributed by atoms with Gasteiger partial charge in [-0.3, -0.25) is 9.40 Å². The SMILES string of the molecule is CCc1ccc(N(CC(C)C)S(=O)(=O)c2cc(C(=O)O)c3[nH]ncc3c2)cc1. The molecule has 0 fully saturated rings. The predicted octanol–water partition coefficient (Wildman–Crippen LogP) is 3.67. The third kappa shape index (κ3) is 3.73. The highest BCUT2D eigenvalue weighted by atomic mass is 32.2. The number of hydrogen-bond donors (Lipinski definition) is 2. The van der Waals surface area contributed by atoms with Crippen LogP contribution in [0.25, 0.3) is 10.9 Å². The minimum Gasteiger partial charge on any atom is -0.478 e. The number of rotatable bonds is 7. The van der Waals surface area contributed by atoms with E-state index in [4.69, 9.17) is 0 Å². The van der Waals surface area contributed by atoms with Gasteiger partial charge in [0, 0.05) is 11.9 Å². The van der Waals surface area contributed by atoms with E-state index in [0.717, 1.165) is 12.0 Å². The molecule has 3 rings (SSSR count). The number of sulfonamides is 1. The molecule has 0 radical (unpaired) electrons. The number of nitrogens with zero attached hydrogens (tertiary/aromatic N) is 2. The molecule has 0 saturated carbocycles. The summed E-state index contributed by atoms with van der Waals surface area (Å²) < 4.78 is 28.3. The fourth-order valence-corrected chi connectivity index (χ4v) is 4.74. The Morgan fingerprint density at radius 1 is 1.21 bits per heavy atom. The van der Waals surface area contributed by atoms with Crippen molar-refractivity contribution in [1.82, 2.24) is 10.2 Å². The zero-order valence-corrected chi connectivity index (χ0v) is 16.8. The number of carbonyl (C=O) groups is 1. The minimum atomic E-state index is -3.97. The minimum absolute atomic E-state index is 0.0704. The van der Waals surface area contributed by atoms with Crippen molar-refractivity contribution in [1.29, 1.82) is 0 Å². The highest BCUT2D eigenvalue weighted by Gasteiger charge is 2.28. The van der Waals surface area contributed by atoms with E-state index >= 15 is 0 Å². The lowest BCUT2D eigenvalue weighted by atomic mass is 10.1. The number of hydrogen-bond acceptors (Lipinski definition) is 4. The summed E-state index contributed by atoms with van der Waals surface area (Å²) in [6.45, 7) is 6.18. The average Bonchev–Trinajstić information content (AvgIpc) is 3.13. The van der Waals surface area contributed by atoms with Gasteiger partial charge in [-0.1, -0.05) is 32.9 Å². The van der Waals surface area contributed by atoms with Gasteiger partial charge in [-0.2, -0.15) is 5.10 Å². The summed E-state index contributed by atoms with van der Waals surface area (Å²) in [5.41, 5.74) is 1.84. The molecular weight excluding hydrogens is 378 g/mol. The Morgan fingerprint density at radius 2 is 1.89 bits per heavy atom. The van der Waals surface area contributed by atoms with E-state index in [0.29, 0.717) is 16.6 Å². The summed E-state index contributed by atoms with van der Waals surface area (Å²) in [7, 11) is -3.97. The van der Waals surface area contributed by atoms with Crippen LogP contribution in [0.15, 0.2) is 47.5 Å². The Hall–Kier alpha value is -2.87. The van der Waals surface area contributed by atoms with Crippen LogP contribution in [0.4, 0.5) is 5.69 Å². The van der Waals surface area contributed by atoms with Crippen molar-refractivity contribution in [2.45, 2.75) is 32.1 Å². The quantitative estimate of drug-likeness (QED) is 0.629. The number of nitrogens with one attached hydrogen (secondary N) is 1. The molecule has 2 N–H and O–H groups in total. The third-order valence-electron chi connectivity index (χ3n) is 4.50. The van der Waals surface area contributed by atoms with Crippen LogP contribution in [-0.2, 0) is 16.4 Å². The van der Waals surface area contributed by atoms with E-state index in [9.17, 15) is 18.3 Å². The van der Waals surface area contributed by atoms with E-state index in [1.165, 1.54) is 22.6 Å². The van der Waals surface area contributed by atoms with Crippen molar-refractivity contribution in [2.75, 3.05) is 10.8 Å². The first-order valence-corrected chi connectivity index (χ1v) is 10.5. The van der Waals surface area contributed by atoms with E-state index in [1.54, 1.807) is 12.1 Å². The van der Waals surface area contributed by atoms with Gasteiger partial charge in [-0.25, -0.2) is 13.2 Å². The molecule has 1 heterocycles. The summed E-state index contributed by atoms with van der Waals surface area (Å²) in [6, 6.07) is 10.0. The molecule has 3 aromatic rings. The number of aromatic carboxylic acids is 1. The molecule has 0 aliphatic carbocycles. The number of anilines is 1. The number of aromatic amines is 1. The summed E-state index contributed by atoms with van der Waals surface area (Å²) >= 11 is 0. The largest absolute Gasteiger partial charge is 0.478 e. The zero-order chi connectivity index (χ0) is 20.5. The van der Waals surface area contributed by atoms with Crippen molar-refractivity contribution in [3.63, 3.8) is 0 Å². The van der Waals surface area contributed by atoms with Gasteiger partial charge in [0.1, 0.15) is 0 Å². The van der Waals surface area contributed by atoms with Crippen molar-refractivity contribution in [3.05, 3.63) is 53.7 Å². The molecular formula is C20H23N3O4S. The second-order valence-corrected chi connectivity index (χ2v) is 8.92. The maximum Gasteiger partial charge on any atom is 0.337 e. The first-order chi connectivity index (χ1) is 13.2. The molecule has 148 valence electrons. The lowest BCUT2D eigenvalue weighted by Gasteiger charge is -2.26. The molecule has 28 heavy (non-hydrogen) atoms. The zero-order valence-electron chi connectivity index (χ0n) is 16.0. The number of H-pyrrole nitrogens is 1.